The van der Waals surface area contributed by atoms with Crippen molar-refractivity contribution in [2.45, 2.75) is 13.3 Å². The number of anilines is 1. The van der Waals surface area contributed by atoms with Gasteiger partial charge in [0.1, 0.15) is 10.8 Å². The van der Waals surface area contributed by atoms with E-state index in [0.717, 1.165) is 11.1 Å². The summed E-state index contributed by atoms with van der Waals surface area (Å²) in [5.41, 5.74) is 8.03. The van der Waals surface area contributed by atoms with Crippen LogP contribution in [0.25, 0.3) is 0 Å². The quantitative estimate of drug-likeness (QED) is 0.854. The molecule has 0 fully saturated rings. The molecule has 0 saturated carbocycles. The summed E-state index contributed by atoms with van der Waals surface area (Å²) in [7, 11) is 0. The van der Waals surface area contributed by atoms with Crippen molar-refractivity contribution in [1.29, 1.82) is 0 Å². The number of halogens is 1. The second-order valence-corrected chi connectivity index (χ2v) is 5.15. The average Bonchev–Trinajstić information content (AvgIpc) is 2.43. The normalized spacial score (nSPS) is 10.2. The highest BCUT2D eigenvalue weighted by atomic mass is 32.1. The summed E-state index contributed by atoms with van der Waals surface area (Å²) in [6, 6.07) is 11.8. The third-order valence-electron chi connectivity index (χ3n) is 3.13. The van der Waals surface area contributed by atoms with Crippen LogP contribution in [-0.4, -0.2) is 10.9 Å². The molecule has 2 rings (SSSR count). The standard InChI is InChI=1S/C16H15FN2OS/c1-10-4-2-3-5-11(10)8-15(20)19-12-6-7-14(17)13(9-12)16(18)21/h2-7,9H,8H2,1H3,(H2,18,21)(H,19,20). The third-order valence-corrected chi connectivity index (χ3v) is 3.35. The molecule has 0 aliphatic heterocycles. The molecule has 0 radical (unpaired) electrons. The number of aryl methyl sites for hydroxylation is 1. The Morgan fingerprint density at radius 2 is 2.00 bits per heavy atom. The van der Waals surface area contributed by atoms with Gasteiger partial charge in [-0.25, -0.2) is 4.39 Å². The minimum absolute atomic E-state index is 0.0393. The highest BCUT2D eigenvalue weighted by Gasteiger charge is 2.09. The highest BCUT2D eigenvalue weighted by Crippen LogP contribution is 2.16. The molecule has 0 heterocycles. The fourth-order valence-electron chi connectivity index (χ4n) is 1.98. The zero-order chi connectivity index (χ0) is 15.4. The minimum Gasteiger partial charge on any atom is -0.389 e. The molecule has 1 amide bonds. The van der Waals surface area contributed by atoms with Crippen LogP contribution >= 0.6 is 12.2 Å². The Kier molecular flexibility index (Phi) is 4.65. The van der Waals surface area contributed by atoms with Crippen LogP contribution in [-0.2, 0) is 11.2 Å². The van der Waals surface area contributed by atoms with Gasteiger partial charge >= 0.3 is 0 Å². The zero-order valence-corrected chi connectivity index (χ0v) is 12.3. The molecule has 21 heavy (non-hydrogen) atoms. The maximum atomic E-state index is 13.5. The van der Waals surface area contributed by atoms with E-state index in [2.05, 4.69) is 5.32 Å². The predicted octanol–water partition coefficient (Wildman–Crippen LogP) is 2.95. The Morgan fingerprint density at radius 1 is 1.29 bits per heavy atom. The van der Waals surface area contributed by atoms with Crippen LogP contribution in [0.2, 0.25) is 0 Å². The average molecular weight is 302 g/mol. The van der Waals surface area contributed by atoms with Crippen molar-refractivity contribution in [3.8, 4) is 0 Å². The minimum atomic E-state index is -0.501. The van der Waals surface area contributed by atoms with Crippen LogP contribution < -0.4 is 11.1 Å². The van der Waals surface area contributed by atoms with Crippen LogP contribution in [0.15, 0.2) is 42.5 Å². The number of hydrogen-bond donors (Lipinski definition) is 2. The first-order valence-electron chi connectivity index (χ1n) is 6.41. The van der Waals surface area contributed by atoms with Crippen molar-refractivity contribution >= 4 is 28.8 Å². The van der Waals surface area contributed by atoms with E-state index in [1.165, 1.54) is 18.2 Å². The topological polar surface area (TPSA) is 55.1 Å². The second kappa shape index (κ2) is 6.45. The number of thiocarbonyl (C=S) groups is 1. The predicted molar refractivity (Wildman–Crippen MR) is 85.8 cm³/mol. The summed E-state index contributed by atoms with van der Waals surface area (Å²) in [5, 5.41) is 2.72. The molecule has 2 aromatic carbocycles. The largest absolute Gasteiger partial charge is 0.389 e. The lowest BCUT2D eigenvalue weighted by atomic mass is 10.1. The third kappa shape index (κ3) is 3.86. The van der Waals surface area contributed by atoms with Crippen molar-refractivity contribution in [2.24, 2.45) is 5.73 Å². The molecule has 0 bridgehead atoms. The molecule has 0 spiro atoms. The number of carbonyl (C=O) groups is 1. The summed E-state index contributed by atoms with van der Waals surface area (Å²) < 4.78 is 13.5. The smallest absolute Gasteiger partial charge is 0.228 e. The van der Waals surface area contributed by atoms with Gasteiger partial charge in [0.15, 0.2) is 0 Å². The molecule has 3 nitrogen and oxygen atoms in total. The molecule has 108 valence electrons. The van der Waals surface area contributed by atoms with Crippen LogP contribution in [0.4, 0.5) is 10.1 Å². The van der Waals surface area contributed by atoms with Gasteiger partial charge in [-0.3, -0.25) is 4.79 Å². The van der Waals surface area contributed by atoms with Crippen LogP contribution in [0, 0.1) is 12.7 Å². The van der Waals surface area contributed by atoms with Gasteiger partial charge in [0.05, 0.1) is 6.42 Å². The first-order valence-corrected chi connectivity index (χ1v) is 6.82. The summed E-state index contributed by atoms with van der Waals surface area (Å²) in [4.78, 5) is 12.0. The van der Waals surface area contributed by atoms with Gasteiger partial charge in [-0.2, -0.15) is 0 Å². The Labute approximate surface area is 128 Å². The maximum Gasteiger partial charge on any atom is 0.228 e. The summed E-state index contributed by atoms with van der Waals surface area (Å²) in [6.45, 7) is 1.95. The van der Waals surface area contributed by atoms with E-state index in [1.54, 1.807) is 0 Å². The lowest BCUT2D eigenvalue weighted by Gasteiger charge is -2.09. The Bertz CT molecular complexity index is 700. The molecular formula is C16H15FN2OS. The monoisotopic (exact) mass is 302 g/mol. The van der Waals surface area contributed by atoms with Gasteiger partial charge in [-0.1, -0.05) is 36.5 Å². The fourth-order valence-corrected chi connectivity index (χ4v) is 2.13. The van der Waals surface area contributed by atoms with Crippen LogP contribution in [0.5, 0.6) is 0 Å². The van der Waals surface area contributed by atoms with E-state index < -0.39 is 5.82 Å². The van der Waals surface area contributed by atoms with E-state index in [-0.39, 0.29) is 22.9 Å². The first-order chi connectivity index (χ1) is 9.97. The highest BCUT2D eigenvalue weighted by molar-refractivity contribution is 7.80. The van der Waals surface area contributed by atoms with Crippen molar-refractivity contribution in [2.75, 3.05) is 5.32 Å². The van der Waals surface area contributed by atoms with E-state index in [0.29, 0.717) is 5.69 Å². The summed E-state index contributed by atoms with van der Waals surface area (Å²) in [5.74, 6) is -0.677. The molecule has 0 unspecified atom stereocenters. The van der Waals surface area contributed by atoms with Crippen molar-refractivity contribution < 1.29 is 9.18 Å². The van der Waals surface area contributed by atoms with Crippen molar-refractivity contribution in [3.05, 3.63) is 65.0 Å². The molecule has 0 atom stereocenters. The Morgan fingerprint density at radius 3 is 2.67 bits per heavy atom. The number of nitrogens with two attached hydrogens (primary N) is 1. The van der Waals surface area contributed by atoms with Gasteiger partial charge in [-0.15, -0.1) is 0 Å². The molecule has 0 aromatic heterocycles. The molecule has 0 aliphatic rings. The van der Waals surface area contributed by atoms with Crippen LogP contribution in [0.1, 0.15) is 16.7 Å². The van der Waals surface area contributed by atoms with Gasteiger partial charge in [0.2, 0.25) is 5.91 Å². The number of nitrogens with one attached hydrogen (secondary N) is 1. The summed E-state index contributed by atoms with van der Waals surface area (Å²) in [6.07, 6.45) is 0.256. The SMILES string of the molecule is Cc1ccccc1CC(=O)Nc1ccc(F)c(C(N)=S)c1. The van der Waals surface area contributed by atoms with Gasteiger partial charge in [-0.05, 0) is 36.2 Å². The zero-order valence-electron chi connectivity index (χ0n) is 11.5. The van der Waals surface area contributed by atoms with E-state index in [1.807, 2.05) is 31.2 Å². The Balaban J connectivity index is 2.12. The molecule has 3 N–H and O–H groups in total. The van der Waals surface area contributed by atoms with Crippen LogP contribution in [0.3, 0.4) is 0 Å². The lowest BCUT2D eigenvalue weighted by Crippen LogP contribution is -2.17. The van der Waals surface area contributed by atoms with Gasteiger partial charge in [0.25, 0.3) is 0 Å². The van der Waals surface area contributed by atoms with E-state index in [4.69, 9.17) is 18.0 Å². The number of hydrogen-bond acceptors (Lipinski definition) is 2. The molecule has 5 heteroatoms. The number of benzene rings is 2. The molecule has 0 aliphatic carbocycles. The molecule has 0 saturated heterocycles. The van der Waals surface area contributed by atoms with Gasteiger partial charge < -0.3 is 11.1 Å². The fraction of sp³-hybridized carbons (Fsp3) is 0.125. The molecular weight excluding hydrogens is 287 g/mol. The van der Waals surface area contributed by atoms with E-state index in [9.17, 15) is 9.18 Å². The van der Waals surface area contributed by atoms with Gasteiger partial charge in [0, 0.05) is 11.3 Å². The molecule has 2 aromatic rings. The van der Waals surface area contributed by atoms with E-state index >= 15 is 0 Å². The second-order valence-electron chi connectivity index (χ2n) is 4.71. The summed E-state index contributed by atoms with van der Waals surface area (Å²) >= 11 is 4.77. The lowest BCUT2D eigenvalue weighted by molar-refractivity contribution is -0.115. The maximum absolute atomic E-state index is 13.5. The first kappa shape index (κ1) is 15.1. The Hall–Kier alpha value is -2.27. The number of amides is 1. The number of carbonyl (C=O) groups excluding carboxylic acids is 1. The van der Waals surface area contributed by atoms with Crippen molar-refractivity contribution in [3.63, 3.8) is 0 Å². The van der Waals surface area contributed by atoms with Crippen molar-refractivity contribution in [1.82, 2.24) is 0 Å². The number of rotatable bonds is 4.